The second-order valence-corrected chi connectivity index (χ2v) is 5.86. The number of benzene rings is 2. The maximum absolute atomic E-state index is 12.7. The highest BCUT2D eigenvalue weighted by atomic mass is 35.5. The summed E-state index contributed by atoms with van der Waals surface area (Å²) in [6.45, 7) is 0. The van der Waals surface area contributed by atoms with Crippen LogP contribution in [-0.2, 0) is 11.2 Å². The van der Waals surface area contributed by atoms with E-state index >= 15 is 0 Å². The molecule has 0 aromatic heterocycles. The molecule has 1 saturated heterocycles. The molecule has 2 atom stereocenters. The zero-order chi connectivity index (χ0) is 13.7. The first kappa shape index (κ1) is 12.1. The minimum Gasteiger partial charge on any atom is -0.352 e. The maximum atomic E-state index is 12.7. The predicted molar refractivity (Wildman–Crippen MR) is 77.1 cm³/mol. The standard InChI is InChI=1S/C17H13ClO2/c18-13-7-5-12(6-8-13)16-17(20-16)10-9-11-3-1-2-4-14(11)15(17)19/h1-8,16H,9-10H2. The molecule has 0 bridgehead atoms. The molecular formula is C17H13ClO2. The van der Waals surface area contributed by atoms with Gasteiger partial charge in [-0.05, 0) is 36.1 Å². The summed E-state index contributed by atoms with van der Waals surface area (Å²) >= 11 is 5.90. The topological polar surface area (TPSA) is 29.6 Å². The molecule has 20 heavy (non-hydrogen) atoms. The fraction of sp³-hybridized carbons (Fsp3) is 0.235. The summed E-state index contributed by atoms with van der Waals surface area (Å²) in [7, 11) is 0. The predicted octanol–water partition coefficient (Wildman–Crippen LogP) is 3.98. The Labute approximate surface area is 122 Å². The van der Waals surface area contributed by atoms with Crippen molar-refractivity contribution in [2.24, 2.45) is 0 Å². The molecule has 4 rings (SSSR count). The number of rotatable bonds is 1. The van der Waals surface area contributed by atoms with E-state index in [1.54, 1.807) is 0 Å². The second-order valence-electron chi connectivity index (χ2n) is 5.43. The van der Waals surface area contributed by atoms with Gasteiger partial charge in [0.2, 0.25) is 0 Å². The molecule has 1 heterocycles. The van der Waals surface area contributed by atoms with Gasteiger partial charge in [0.15, 0.2) is 11.4 Å². The van der Waals surface area contributed by atoms with Gasteiger partial charge in [-0.25, -0.2) is 0 Å². The van der Waals surface area contributed by atoms with Gasteiger partial charge in [0.1, 0.15) is 6.10 Å². The number of carbonyl (C=O) groups is 1. The van der Waals surface area contributed by atoms with E-state index in [0.29, 0.717) is 5.02 Å². The lowest BCUT2D eigenvalue weighted by atomic mass is 9.79. The highest BCUT2D eigenvalue weighted by Crippen LogP contribution is 2.56. The third-order valence-corrected chi connectivity index (χ3v) is 4.53. The van der Waals surface area contributed by atoms with Gasteiger partial charge in [0, 0.05) is 10.6 Å². The lowest BCUT2D eigenvalue weighted by Crippen LogP contribution is -2.31. The SMILES string of the molecule is O=C1c2ccccc2CCC12OC2c1ccc(Cl)cc1. The number of ether oxygens (including phenoxy) is 1. The summed E-state index contributed by atoms with van der Waals surface area (Å²) in [4.78, 5) is 12.7. The van der Waals surface area contributed by atoms with Crippen molar-refractivity contribution < 1.29 is 9.53 Å². The van der Waals surface area contributed by atoms with Crippen LogP contribution in [-0.4, -0.2) is 11.4 Å². The van der Waals surface area contributed by atoms with Gasteiger partial charge in [-0.2, -0.15) is 0 Å². The van der Waals surface area contributed by atoms with Crippen molar-refractivity contribution in [1.82, 2.24) is 0 Å². The van der Waals surface area contributed by atoms with Crippen LogP contribution in [0.15, 0.2) is 48.5 Å². The second kappa shape index (κ2) is 4.18. The largest absolute Gasteiger partial charge is 0.352 e. The van der Waals surface area contributed by atoms with Crippen molar-refractivity contribution in [2.75, 3.05) is 0 Å². The van der Waals surface area contributed by atoms with Crippen LogP contribution in [0, 0.1) is 0 Å². The van der Waals surface area contributed by atoms with Crippen molar-refractivity contribution in [1.29, 1.82) is 0 Å². The fourth-order valence-corrected chi connectivity index (χ4v) is 3.26. The van der Waals surface area contributed by atoms with Crippen molar-refractivity contribution in [3.63, 3.8) is 0 Å². The summed E-state index contributed by atoms with van der Waals surface area (Å²) in [6.07, 6.45) is 1.53. The molecule has 1 fully saturated rings. The molecule has 0 radical (unpaired) electrons. The highest BCUT2D eigenvalue weighted by Gasteiger charge is 2.63. The molecule has 1 aliphatic carbocycles. The first-order valence-corrected chi connectivity index (χ1v) is 7.14. The molecular weight excluding hydrogens is 272 g/mol. The lowest BCUT2D eigenvalue weighted by Gasteiger charge is -2.20. The first-order valence-electron chi connectivity index (χ1n) is 6.77. The van der Waals surface area contributed by atoms with Gasteiger partial charge >= 0.3 is 0 Å². The summed E-state index contributed by atoms with van der Waals surface area (Å²) in [5.74, 6) is 0.124. The normalized spacial score (nSPS) is 27.4. The number of ketones is 1. The molecule has 2 unspecified atom stereocenters. The Morgan fingerprint density at radius 1 is 1.10 bits per heavy atom. The summed E-state index contributed by atoms with van der Waals surface area (Å²) < 4.78 is 5.85. The van der Waals surface area contributed by atoms with Crippen LogP contribution >= 0.6 is 11.6 Å². The van der Waals surface area contributed by atoms with Crippen molar-refractivity contribution in [2.45, 2.75) is 24.5 Å². The minimum atomic E-state index is -0.637. The van der Waals surface area contributed by atoms with Crippen LogP contribution in [0.1, 0.15) is 34.0 Å². The lowest BCUT2D eigenvalue weighted by molar-refractivity contribution is 0.0850. The zero-order valence-corrected chi connectivity index (χ0v) is 11.6. The van der Waals surface area contributed by atoms with E-state index in [-0.39, 0.29) is 11.9 Å². The number of halogens is 1. The molecule has 0 amide bonds. The number of hydrogen-bond donors (Lipinski definition) is 0. The number of carbonyl (C=O) groups excluding carboxylic acids is 1. The Hall–Kier alpha value is -1.64. The van der Waals surface area contributed by atoms with E-state index < -0.39 is 5.60 Å². The average molecular weight is 285 g/mol. The summed E-state index contributed by atoms with van der Waals surface area (Å²) in [5, 5.41) is 0.698. The van der Waals surface area contributed by atoms with Crippen molar-refractivity contribution in [3.8, 4) is 0 Å². The zero-order valence-electron chi connectivity index (χ0n) is 10.8. The summed E-state index contributed by atoms with van der Waals surface area (Å²) in [5.41, 5.74) is 2.34. The Kier molecular flexibility index (Phi) is 2.53. The minimum absolute atomic E-state index is 0.124. The Morgan fingerprint density at radius 3 is 2.65 bits per heavy atom. The monoisotopic (exact) mass is 284 g/mol. The molecule has 1 spiro atoms. The van der Waals surface area contributed by atoms with Gasteiger partial charge in [0.05, 0.1) is 0 Å². The van der Waals surface area contributed by atoms with Gasteiger partial charge in [-0.1, -0.05) is 48.0 Å². The van der Waals surface area contributed by atoms with E-state index in [1.807, 2.05) is 48.5 Å². The average Bonchev–Trinajstić information content (AvgIpc) is 3.20. The molecule has 2 aliphatic rings. The molecule has 2 nitrogen and oxygen atoms in total. The number of Topliss-reactive ketones (excluding diaryl/α,β-unsaturated/α-hetero) is 1. The van der Waals surface area contributed by atoms with Crippen molar-refractivity contribution in [3.05, 3.63) is 70.2 Å². The summed E-state index contributed by atoms with van der Waals surface area (Å²) in [6, 6.07) is 15.4. The molecule has 1 aliphatic heterocycles. The van der Waals surface area contributed by atoms with Crippen LogP contribution in [0.4, 0.5) is 0 Å². The highest BCUT2D eigenvalue weighted by molar-refractivity contribution is 6.30. The number of fused-ring (bicyclic) bond motifs is 1. The number of aryl methyl sites for hydroxylation is 1. The Bertz CT molecular complexity index is 692. The van der Waals surface area contributed by atoms with E-state index in [4.69, 9.17) is 16.3 Å². The van der Waals surface area contributed by atoms with E-state index in [9.17, 15) is 4.79 Å². The molecule has 100 valence electrons. The third kappa shape index (κ3) is 1.65. The molecule has 0 saturated carbocycles. The maximum Gasteiger partial charge on any atom is 0.198 e. The quantitative estimate of drug-likeness (QED) is 0.741. The smallest absolute Gasteiger partial charge is 0.198 e. The van der Waals surface area contributed by atoms with Crippen LogP contribution in [0.5, 0.6) is 0 Å². The van der Waals surface area contributed by atoms with Gasteiger partial charge in [-0.15, -0.1) is 0 Å². The molecule has 3 heteroatoms. The molecule has 0 N–H and O–H groups in total. The Balaban J connectivity index is 1.69. The number of hydrogen-bond acceptors (Lipinski definition) is 2. The third-order valence-electron chi connectivity index (χ3n) is 4.28. The van der Waals surface area contributed by atoms with E-state index in [0.717, 1.165) is 29.5 Å². The van der Waals surface area contributed by atoms with Crippen LogP contribution in [0.3, 0.4) is 0 Å². The van der Waals surface area contributed by atoms with Crippen LogP contribution in [0.25, 0.3) is 0 Å². The van der Waals surface area contributed by atoms with Gasteiger partial charge in [0.25, 0.3) is 0 Å². The van der Waals surface area contributed by atoms with Gasteiger partial charge in [-0.3, -0.25) is 4.79 Å². The molecule has 2 aromatic rings. The fourth-order valence-electron chi connectivity index (χ4n) is 3.14. The van der Waals surface area contributed by atoms with E-state index in [1.165, 1.54) is 0 Å². The Morgan fingerprint density at radius 2 is 1.85 bits per heavy atom. The number of epoxide rings is 1. The van der Waals surface area contributed by atoms with Crippen LogP contribution < -0.4 is 0 Å². The first-order chi connectivity index (χ1) is 9.71. The van der Waals surface area contributed by atoms with E-state index in [2.05, 4.69) is 0 Å². The van der Waals surface area contributed by atoms with Crippen molar-refractivity contribution >= 4 is 17.4 Å². The van der Waals surface area contributed by atoms with Crippen LogP contribution in [0.2, 0.25) is 5.02 Å². The van der Waals surface area contributed by atoms with Gasteiger partial charge < -0.3 is 4.74 Å². The molecule has 2 aromatic carbocycles.